The third-order valence-electron chi connectivity index (χ3n) is 2.72. The van der Waals surface area contributed by atoms with Crippen molar-refractivity contribution in [2.45, 2.75) is 38.9 Å². The molecular formula is C14H18ClF3N2O. The zero-order valence-electron chi connectivity index (χ0n) is 11.9. The number of para-hydroxylation sites is 1. The lowest BCUT2D eigenvalue weighted by Gasteiger charge is -2.15. The molecule has 1 amide bonds. The van der Waals surface area contributed by atoms with Crippen molar-refractivity contribution in [3.8, 4) is 0 Å². The quantitative estimate of drug-likeness (QED) is 0.775. The van der Waals surface area contributed by atoms with Gasteiger partial charge in [-0.3, -0.25) is 4.79 Å². The van der Waals surface area contributed by atoms with Crippen LogP contribution >= 0.6 is 11.6 Å². The lowest BCUT2D eigenvalue weighted by molar-refractivity contribution is -0.137. The molecule has 0 bridgehead atoms. The number of hydrogen-bond acceptors (Lipinski definition) is 2. The second-order valence-corrected chi connectivity index (χ2v) is 5.33. The Morgan fingerprint density at radius 2 is 2.00 bits per heavy atom. The predicted octanol–water partition coefficient (Wildman–Crippen LogP) is 4.08. The first-order valence-electron chi connectivity index (χ1n) is 6.60. The Morgan fingerprint density at radius 1 is 1.33 bits per heavy atom. The van der Waals surface area contributed by atoms with Crippen molar-refractivity contribution in [1.82, 2.24) is 5.32 Å². The molecule has 0 heterocycles. The summed E-state index contributed by atoms with van der Waals surface area (Å²) in [5.41, 5.74) is -1.32. The molecule has 0 radical (unpaired) electrons. The largest absolute Gasteiger partial charge is 0.418 e. The van der Waals surface area contributed by atoms with E-state index in [4.69, 9.17) is 11.6 Å². The van der Waals surface area contributed by atoms with E-state index < -0.39 is 17.6 Å². The van der Waals surface area contributed by atoms with Gasteiger partial charge in [-0.2, -0.15) is 13.2 Å². The molecule has 0 aliphatic carbocycles. The topological polar surface area (TPSA) is 41.1 Å². The smallest absolute Gasteiger partial charge is 0.324 e. The maximum atomic E-state index is 12.9. The van der Waals surface area contributed by atoms with Gasteiger partial charge < -0.3 is 10.6 Å². The Labute approximate surface area is 126 Å². The van der Waals surface area contributed by atoms with Gasteiger partial charge in [-0.1, -0.05) is 31.5 Å². The van der Waals surface area contributed by atoms with E-state index in [0.717, 1.165) is 6.07 Å². The van der Waals surface area contributed by atoms with E-state index in [1.165, 1.54) is 12.1 Å². The zero-order valence-corrected chi connectivity index (χ0v) is 12.6. The molecule has 0 saturated heterocycles. The van der Waals surface area contributed by atoms with Gasteiger partial charge in [-0.05, 0) is 25.1 Å². The van der Waals surface area contributed by atoms with Crippen LogP contribution in [-0.4, -0.2) is 18.5 Å². The summed E-state index contributed by atoms with van der Waals surface area (Å²) in [6.07, 6.45) is -3.90. The highest BCUT2D eigenvalue weighted by atomic mass is 35.5. The second kappa shape index (κ2) is 7.66. The molecule has 0 unspecified atom stereocenters. The molecule has 1 rings (SSSR count). The number of anilines is 1. The third kappa shape index (κ3) is 5.93. The average Bonchev–Trinajstić information content (AvgIpc) is 2.35. The Bertz CT molecular complexity index is 490. The fraction of sp³-hybridized carbons (Fsp3) is 0.500. The van der Waals surface area contributed by atoms with Crippen LogP contribution in [0.4, 0.5) is 18.9 Å². The van der Waals surface area contributed by atoms with Crippen molar-refractivity contribution in [1.29, 1.82) is 0 Å². The van der Waals surface area contributed by atoms with Gasteiger partial charge in [0, 0.05) is 12.5 Å². The van der Waals surface area contributed by atoms with Gasteiger partial charge in [-0.25, -0.2) is 0 Å². The maximum absolute atomic E-state index is 12.9. The molecule has 0 atom stereocenters. The molecule has 118 valence electrons. The van der Waals surface area contributed by atoms with E-state index in [-0.39, 0.29) is 17.1 Å². The van der Waals surface area contributed by atoms with E-state index in [1.54, 1.807) is 0 Å². The van der Waals surface area contributed by atoms with Crippen molar-refractivity contribution < 1.29 is 18.0 Å². The van der Waals surface area contributed by atoms with Crippen LogP contribution in [0.25, 0.3) is 0 Å². The number of alkyl halides is 3. The number of carbonyl (C=O) groups is 1. The zero-order chi connectivity index (χ0) is 16.0. The van der Waals surface area contributed by atoms with Crippen molar-refractivity contribution in [2.24, 2.45) is 0 Å². The number of benzene rings is 1. The van der Waals surface area contributed by atoms with E-state index in [2.05, 4.69) is 10.6 Å². The number of halogens is 4. The molecule has 0 spiro atoms. The van der Waals surface area contributed by atoms with Crippen LogP contribution in [-0.2, 0) is 11.0 Å². The number of nitrogens with one attached hydrogen (secondary N) is 2. The molecule has 1 aromatic carbocycles. The minimum Gasteiger partial charge on any atom is -0.324 e. The van der Waals surface area contributed by atoms with Crippen LogP contribution in [0, 0.1) is 0 Å². The fourth-order valence-corrected chi connectivity index (χ4v) is 1.95. The van der Waals surface area contributed by atoms with Crippen molar-refractivity contribution >= 4 is 23.2 Å². The Balaban J connectivity index is 2.68. The molecule has 7 heteroatoms. The standard InChI is InChI=1S/C14H18ClF3N2O/c1-9(2)19-8-4-7-12(21)20-13-10(14(16,17)18)5-3-6-11(13)15/h3,5-6,9,19H,4,7-8H2,1-2H3,(H,20,21). The molecule has 2 N–H and O–H groups in total. The summed E-state index contributed by atoms with van der Waals surface area (Å²) in [6, 6.07) is 3.70. The second-order valence-electron chi connectivity index (χ2n) is 4.92. The van der Waals surface area contributed by atoms with Crippen molar-refractivity contribution in [3.63, 3.8) is 0 Å². The number of carbonyl (C=O) groups excluding carboxylic acids is 1. The van der Waals surface area contributed by atoms with Gasteiger partial charge in [-0.15, -0.1) is 0 Å². The van der Waals surface area contributed by atoms with Crippen LogP contribution in [0.15, 0.2) is 18.2 Å². The molecule has 0 aliphatic rings. The van der Waals surface area contributed by atoms with Crippen molar-refractivity contribution in [2.75, 3.05) is 11.9 Å². The average molecular weight is 323 g/mol. The summed E-state index contributed by atoms with van der Waals surface area (Å²) in [5, 5.41) is 5.25. The summed E-state index contributed by atoms with van der Waals surface area (Å²) in [6.45, 7) is 4.57. The Morgan fingerprint density at radius 3 is 2.57 bits per heavy atom. The first-order valence-corrected chi connectivity index (χ1v) is 6.98. The van der Waals surface area contributed by atoms with E-state index in [1.807, 2.05) is 13.8 Å². The number of hydrogen-bond donors (Lipinski definition) is 2. The van der Waals surface area contributed by atoms with Crippen molar-refractivity contribution in [3.05, 3.63) is 28.8 Å². The van der Waals surface area contributed by atoms with Gasteiger partial charge in [0.2, 0.25) is 5.91 Å². The molecule has 0 saturated carbocycles. The highest BCUT2D eigenvalue weighted by Gasteiger charge is 2.34. The summed E-state index contributed by atoms with van der Waals surface area (Å²) in [5.74, 6) is -0.487. The van der Waals surface area contributed by atoms with E-state index in [0.29, 0.717) is 19.0 Å². The Hall–Kier alpha value is -1.27. The third-order valence-corrected chi connectivity index (χ3v) is 3.03. The summed E-state index contributed by atoms with van der Waals surface area (Å²) in [7, 11) is 0. The highest BCUT2D eigenvalue weighted by Crippen LogP contribution is 2.38. The molecule has 0 fully saturated rings. The van der Waals surface area contributed by atoms with Crippen LogP contribution in [0.5, 0.6) is 0 Å². The number of rotatable bonds is 6. The predicted molar refractivity (Wildman–Crippen MR) is 77.5 cm³/mol. The Kier molecular flexibility index (Phi) is 6.48. The van der Waals surface area contributed by atoms with Crippen LogP contribution in [0.1, 0.15) is 32.3 Å². The monoisotopic (exact) mass is 322 g/mol. The first-order chi connectivity index (χ1) is 9.71. The maximum Gasteiger partial charge on any atom is 0.418 e. The van der Waals surface area contributed by atoms with E-state index >= 15 is 0 Å². The molecule has 1 aromatic rings. The minimum atomic E-state index is -4.56. The van der Waals surface area contributed by atoms with Crippen LogP contribution in [0.3, 0.4) is 0 Å². The van der Waals surface area contributed by atoms with E-state index in [9.17, 15) is 18.0 Å². The number of amides is 1. The minimum absolute atomic E-state index is 0.126. The normalized spacial score (nSPS) is 11.8. The lowest BCUT2D eigenvalue weighted by atomic mass is 10.1. The molecule has 0 aliphatic heterocycles. The summed E-state index contributed by atoms with van der Waals surface area (Å²) in [4.78, 5) is 11.7. The summed E-state index contributed by atoms with van der Waals surface area (Å²) >= 11 is 5.76. The van der Waals surface area contributed by atoms with Gasteiger partial charge in [0.25, 0.3) is 0 Å². The first kappa shape index (κ1) is 17.8. The molecule has 21 heavy (non-hydrogen) atoms. The lowest BCUT2D eigenvalue weighted by Crippen LogP contribution is -2.25. The van der Waals surface area contributed by atoms with Gasteiger partial charge in [0.15, 0.2) is 0 Å². The van der Waals surface area contributed by atoms with Crippen LogP contribution < -0.4 is 10.6 Å². The van der Waals surface area contributed by atoms with Gasteiger partial charge >= 0.3 is 6.18 Å². The SMILES string of the molecule is CC(C)NCCCC(=O)Nc1c(Cl)cccc1C(F)(F)F. The molecular weight excluding hydrogens is 305 g/mol. The molecule has 0 aromatic heterocycles. The van der Waals surface area contributed by atoms with Crippen LogP contribution in [0.2, 0.25) is 5.02 Å². The van der Waals surface area contributed by atoms with Gasteiger partial charge in [0.1, 0.15) is 0 Å². The highest BCUT2D eigenvalue weighted by molar-refractivity contribution is 6.34. The fourth-order valence-electron chi connectivity index (χ4n) is 1.73. The summed E-state index contributed by atoms with van der Waals surface area (Å²) < 4.78 is 38.6. The molecule has 3 nitrogen and oxygen atoms in total. The van der Waals surface area contributed by atoms with Gasteiger partial charge in [0.05, 0.1) is 16.3 Å².